The molecule has 1 fully saturated rings. The molecule has 5 heteroatoms. The van der Waals surface area contributed by atoms with Crippen LogP contribution >= 0.6 is 11.3 Å². The lowest BCUT2D eigenvalue weighted by Crippen LogP contribution is -2.37. The topological polar surface area (TPSA) is 37.3 Å². The van der Waals surface area contributed by atoms with E-state index in [1.807, 2.05) is 17.5 Å². The van der Waals surface area contributed by atoms with Crippen molar-refractivity contribution in [3.63, 3.8) is 0 Å². The number of nitrogens with zero attached hydrogens (tertiary/aromatic N) is 2. The molecule has 0 bridgehead atoms. The van der Waals surface area contributed by atoms with Crippen molar-refractivity contribution >= 4 is 17.2 Å². The van der Waals surface area contributed by atoms with Gasteiger partial charge in [-0.3, -0.25) is 9.69 Å². The Hall–Kier alpha value is -1.59. The normalized spacial score (nSPS) is 17.0. The number of hydrogen-bond donors (Lipinski definition) is 1. The molecule has 21 heavy (non-hydrogen) atoms. The zero-order chi connectivity index (χ0) is 14.7. The minimum atomic E-state index is 0.0309. The van der Waals surface area contributed by atoms with Crippen LogP contribution in [-0.4, -0.2) is 35.0 Å². The van der Waals surface area contributed by atoms with Crippen molar-refractivity contribution in [1.29, 1.82) is 0 Å². The highest BCUT2D eigenvalue weighted by molar-refractivity contribution is 7.12. The quantitative estimate of drug-likeness (QED) is 0.922. The number of carbonyl (C=O) groups is 1. The van der Waals surface area contributed by atoms with E-state index in [0.29, 0.717) is 6.54 Å². The second-order valence-corrected chi connectivity index (χ2v) is 6.44. The standard InChI is InChI=1S/C16H21N3OS/c1-18-8-4-6-13(18)14(19-9-2-3-10-19)12-17-16(20)15-7-5-11-21-15/h4-8,11,14H,2-3,9-10,12H2,1H3,(H,17,20)/t14-/m1/s1. The largest absolute Gasteiger partial charge is 0.353 e. The molecule has 0 spiro atoms. The summed E-state index contributed by atoms with van der Waals surface area (Å²) in [6.07, 6.45) is 4.57. The first-order valence-corrected chi connectivity index (χ1v) is 8.30. The Bertz CT molecular complexity index is 584. The van der Waals surface area contributed by atoms with E-state index in [1.165, 1.54) is 29.9 Å². The van der Waals surface area contributed by atoms with Crippen molar-refractivity contribution in [3.05, 3.63) is 46.4 Å². The van der Waals surface area contributed by atoms with Gasteiger partial charge in [-0.2, -0.15) is 0 Å². The minimum Gasteiger partial charge on any atom is -0.353 e. The number of likely N-dealkylation sites (tertiary alicyclic amines) is 1. The fraction of sp³-hybridized carbons (Fsp3) is 0.438. The lowest BCUT2D eigenvalue weighted by molar-refractivity contribution is 0.0941. The summed E-state index contributed by atoms with van der Waals surface area (Å²) < 4.78 is 2.15. The van der Waals surface area contributed by atoms with Crippen LogP contribution in [0.5, 0.6) is 0 Å². The second kappa shape index (κ2) is 6.45. The van der Waals surface area contributed by atoms with E-state index in [9.17, 15) is 4.79 Å². The SMILES string of the molecule is Cn1cccc1[C@@H](CNC(=O)c1cccs1)N1CCCC1. The maximum absolute atomic E-state index is 12.2. The van der Waals surface area contributed by atoms with Gasteiger partial charge in [0.1, 0.15) is 0 Å². The van der Waals surface area contributed by atoms with Crippen LogP contribution in [0.2, 0.25) is 0 Å². The highest BCUT2D eigenvalue weighted by Gasteiger charge is 2.25. The Balaban J connectivity index is 1.70. The van der Waals surface area contributed by atoms with Gasteiger partial charge in [0.05, 0.1) is 10.9 Å². The molecule has 0 unspecified atom stereocenters. The Morgan fingerprint density at radius 1 is 1.33 bits per heavy atom. The summed E-state index contributed by atoms with van der Waals surface area (Å²) in [5.41, 5.74) is 1.27. The van der Waals surface area contributed by atoms with E-state index < -0.39 is 0 Å². The van der Waals surface area contributed by atoms with E-state index in [-0.39, 0.29) is 11.9 Å². The van der Waals surface area contributed by atoms with Gasteiger partial charge < -0.3 is 9.88 Å². The Morgan fingerprint density at radius 3 is 2.76 bits per heavy atom. The maximum atomic E-state index is 12.2. The van der Waals surface area contributed by atoms with E-state index in [1.54, 1.807) is 0 Å². The van der Waals surface area contributed by atoms with Crippen LogP contribution in [0, 0.1) is 0 Å². The summed E-state index contributed by atoms with van der Waals surface area (Å²) in [6, 6.07) is 8.26. The smallest absolute Gasteiger partial charge is 0.261 e. The Kier molecular flexibility index (Phi) is 4.41. The van der Waals surface area contributed by atoms with Gasteiger partial charge >= 0.3 is 0 Å². The summed E-state index contributed by atoms with van der Waals surface area (Å²) in [7, 11) is 2.07. The highest BCUT2D eigenvalue weighted by atomic mass is 32.1. The number of thiophene rings is 1. The molecule has 1 amide bonds. The molecular weight excluding hydrogens is 282 g/mol. The fourth-order valence-electron chi connectivity index (χ4n) is 2.98. The van der Waals surface area contributed by atoms with Crippen molar-refractivity contribution in [2.75, 3.05) is 19.6 Å². The molecule has 0 aliphatic carbocycles. The van der Waals surface area contributed by atoms with Crippen LogP contribution in [0.1, 0.15) is 34.2 Å². The van der Waals surface area contributed by atoms with Gasteiger partial charge in [0.25, 0.3) is 5.91 Å². The van der Waals surface area contributed by atoms with E-state index >= 15 is 0 Å². The average Bonchev–Trinajstić information content (AvgIpc) is 3.21. The third-order valence-electron chi connectivity index (χ3n) is 4.11. The minimum absolute atomic E-state index is 0.0309. The van der Waals surface area contributed by atoms with Crippen LogP contribution in [0.15, 0.2) is 35.8 Å². The average molecular weight is 303 g/mol. The molecule has 2 aromatic heterocycles. The number of hydrogen-bond acceptors (Lipinski definition) is 3. The zero-order valence-electron chi connectivity index (χ0n) is 12.3. The number of amides is 1. The van der Waals surface area contributed by atoms with Crippen LogP contribution in [0.3, 0.4) is 0 Å². The number of rotatable bonds is 5. The van der Waals surface area contributed by atoms with Gasteiger partial charge in [-0.05, 0) is 49.5 Å². The first-order chi connectivity index (χ1) is 10.3. The number of nitrogens with one attached hydrogen (secondary N) is 1. The predicted molar refractivity (Wildman–Crippen MR) is 85.6 cm³/mol. The lowest BCUT2D eigenvalue weighted by Gasteiger charge is -2.28. The molecule has 112 valence electrons. The van der Waals surface area contributed by atoms with Gasteiger partial charge in [0.2, 0.25) is 0 Å². The molecule has 1 atom stereocenters. The number of aryl methyl sites for hydroxylation is 1. The van der Waals surface area contributed by atoms with Gasteiger partial charge in [-0.1, -0.05) is 6.07 Å². The molecule has 0 saturated carbocycles. The molecule has 4 nitrogen and oxygen atoms in total. The molecule has 1 N–H and O–H groups in total. The molecule has 1 aliphatic rings. The van der Waals surface area contributed by atoms with Crippen LogP contribution in [-0.2, 0) is 7.05 Å². The van der Waals surface area contributed by atoms with E-state index in [4.69, 9.17) is 0 Å². The second-order valence-electron chi connectivity index (χ2n) is 5.49. The highest BCUT2D eigenvalue weighted by Crippen LogP contribution is 2.24. The monoisotopic (exact) mass is 303 g/mol. The molecule has 0 radical (unpaired) electrons. The summed E-state index contributed by atoms with van der Waals surface area (Å²) in [5.74, 6) is 0.0309. The Labute approximate surface area is 129 Å². The first kappa shape index (κ1) is 14.4. The van der Waals surface area contributed by atoms with Crippen molar-refractivity contribution in [2.24, 2.45) is 7.05 Å². The van der Waals surface area contributed by atoms with Crippen molar-refractivity contribution < 1.29 is 4.79 Å². The fourth-order valence-corrected chi connectivity index (χ4v) is 3.62. The molecule has 2 aromatic rings. The molecule has 3 rings (SSSR count). The molecular formula is C16H21N3OS. The van der Waals surface area contributed by atoms with Crippen LogP contribution < -0.4 is 5.32 Å². The van der Waals surface area contributed by atoms with Crippen molar-refractivity contribution in [2.45, 2.75) is 18.9 Å². The van der Waals surface area contributed by atoms with Crippen molar-refractivity contribution in [1.82, 2.24) is 14.8 Å². The van der Waals surface area contributed by atoms with Crippen molar-refractivity contribution in [3.8, 4) is 0 Å². The summed E-state index contributed by atoms with van der Waals surface area (Å²) in [4.78, 5) is 15.4. The molecule has 1 saturated heterocycles. The molecule has 0 aromatic carbocycles. The third-order valence-corrected chi connectivity index (χ3v) is 4.98. The number of carbonyl (C=O) groups excluding carboxylic acids is 1. The summed E-state index contributed by atoms with van der Waals surface area (Å²) in [5, 5.41) is 5.03. The third kappa shape index (κ3) is 3.19. The maximum Gasteiger partial charge on any atom is 0.261 e. The van der Waals surface area contributed by atoms with Crippen LogP contribution in [0.4, 0.5) is 0 Å². The summed E-state index contributed by atoms with van der Waals surface area (Å²) >= 11 is 1.48. The van der Waals surface area contributed by atoms with E-state index in [2.05, 4.69) is 40.2 Å². The summed E-state index contributed by atoms with van der Waals surface area (Å²) in [6.45, 7) is 2.89. The lowest BCUT2D eigenvalue weighted by atomic mass is 10.1. The number of aromatic nitrogens is 1. The van der Waals surface area contributed by atoms with Crippen LogP contribution in [0.25, 0.3) is 0 Å². The van der Waals surface area contributed by atoms with Gasteiger partial charge in [-0.25, -0.2) is 0 Å². The van der Waals surface area contributed by atoms with E-state index in [0.717, 1.165) is 18.0 Å². The Morgan fingerprint density at radius 2 is 2.14 bits per heavy atom. The van der Waals surface area contributed by atoms with Gasteiger partial charge in [-0.15, -0.1) is 11.3 Å². The molecule has 3 heterocycles. The first-order valence-electron chi connectivity index (χ1n) is 7.42. The predicted octanol–water partition coefficient (Wildman–Crippen LogP) is 2.65. The molecule has 1 aliphatic heterocycles. The zero-order valence-corrected chi connectivity index (χ0v) is 13.1. The van der Waals surface area contributed by atoms with Gasteiger partial charge in [0.15, 0.2) is 0 Å². The van der Waals surface area contributed by atoms with Gasteiger partial charge in [0, 0.05) is 25.5 Å².